The Balaban J connectivity index is 1.74. The van der Waals surface area contributed by atoms with Gasteiger partial charge in [0.1, 0.15) is 5.75 Å². The van der Waals surface area contributed by atoms with Crippen LogP contribution < -0.4 is 4.74 Å². The molecule has 2 aliphatic heterocycles. The van der Waals surface area contributed by atoms with Crippen molar-refractivity contribution in [2.45, 2.75) is 38.0 Å². The normalized spacial score (nSPS) is 25.0. The smallest absolute Gasteiger partial charge is 0.123 e. The van der Waals surface area contributed by atoms with E-state index in [1.807, 2.05) is 18.2 Å². The van der Waals surface area contributed by atoms with Crippen LogP contribution in [0.3, 0.4) is 0 Å². The zero-order chi connectivity index (χ0) is 16.9. The van der Waals surface area contributed by atoms with Gasteiger partial charge >= 0.3 is 0 Å². The third-order valence-corrected chi connectivity index (χ3v) is 5.27. The maximum absolute atomic E-state index is 9.18. The number of nitrogens with zero attached hydrogens (tertiary/aromatic N) is 3. The number of rotatable bonds is 6. The molecule has 2 aliphatic rings. The molecule has 0 radical (unpaired) electrons. The highest BCUT2D eigenvalue weighted by Crippen LogP contribution is 2.28. The number of benzene rings is 1. The molecule has 2 heterocycles. The Kier molecular flexibility index (Phi) is 5.72. The highest BCUT2D eigenvalue weighted by Gasteiger charge is 2.34. The van der Waals surface area contributed by atoms with Gasteiger partial charge in [0.25, 0.3) is 0 Å². The van der Waals surface area contributed by atoms with E-state index in [4.69, 9.17) is 9.47 Å². The molecular weight excluding hydrogens is 302 g/mol. The molecular formula is C19H27N3O2. The van der Waals surface area contributed by atoms with Gasteiger partial charge in [0, 0.05) is 38.3 Å². The minimum absolute atomic E-state index is 0.294. The Morgan fingerprint density at radius 2 is 2.04 bits per heavy atom. The number of hydrogen-bond donors (Lipinski definition) is 0. The van der Waals surface area contributed by atoms with Crippen LogP contribution in [0.2, 0.25) is 0 Å². The van der Waals surface area contributed by atoms with Crippen LogP contribution in [0.4, 0.5) is 0 Å². The molecule has 0 saturated carbocycles. The number of likely N-dealkylation sites (tertiary alicyclic amines) is 2. The molecule has 2 fully saturated rings. The van der Waals surface area contributed by atoms with E-state index >= 15 is 0 Å². The third kappa shape index (κ3) is 3.89. The fraction of sp³-hybridized carbons (Fsp3) is 0.632. The lowest BCUT2D eigenvalue weighted by atomic mass is 10.1. The standard InChI is InChI=1S/C19H27N3O2/c1-23-18-10-17(13-21-7-3-4-8-21)22(14-18)12-16-9-15(11-20)5-6-19(16)24-2/h5-6,9,17-18H,3-4,7-8,10,12-14H2,1-2H3/t17-,18-/m0/s1. The fourth-order valence-electron chi connectivity index (χ4n) is 3.95. The summed E-state index contributed by atoms with van der Waals surface area (Å²) in [7, 11) is 3.49. The van der Waals surface area contributed by atoms with Gasteiger partial charge in [-0.25, -0.2) is 0 Å². The van der Waals surface area contributed by atoms with Crippen molar-refractivity contribution in [1.29, 1.82) is 5.26 Å². The molecule has 0 amide bonds. The summed E-state index contributed by atoms with van der Waals surface area (Å²) in [5, 5.41) is 9.18. The average Bonchev–Trinajstić information content (AvgIpc) is 3.25. The molecule has 5 heteroatoms. The summed E-state index contributed by atoms with van der Waals surface area (Å²) in [6.45, 7) is 5.29. The summed E-state index contributed by atoms with van der Waals surface area (Å²) in [6, 6.07) is 8.39. The van der Waals surface area contributed by atoms with Gasteiger partial charge < -0.3 is 14.4 Å². The molecule has 24 heavy (non-hydrogen) atoms. The molecule has 130 valence electrons. The zero-order valence-electron chi connectivity index (χ0n) is 14.7. The van der Waals surface area contributed by atoms with E-state index < -0.39 is 0 Å². The molecule has 0 spiro atoms. The third-order valence-electron chi connectivity index (χ3n) is 5.27. The predicted molar refractivity (Wildman–Crippen MR) is 93.0 cm³/mol. The Morgan fingerprint density at radius 1 is 1.25 bits per heavy atom. The van der Waals surface area contributed by atoms with Crippen LogP contribution >= 0.6 is 0 Å². The number of nitriles is 1. The first-order valence-electron chi connectivity index (χ1n) is 8.79. The minimum Gasteiger partial charge on any atom is -0.496 e. The minimum atomic E-state index is 0.294. The molecule has 1 aromatic carbocycles. The average molecular weight is 329 g/mol. The summed E-state index contributed by atoms with van der Waals surface area (Å²) >= 11 is 0. The Labute approximate surface area is 144 Å². The molecule has 1 aromatic rings. The van der Waals surface area contributed by atoms with Gasteiger partial charge in [0.15, 0.2) is 0 Å². The van der Waals surface area contributed by atoms with Crippen molar-refractivity contribution < 1.29 is 9.47 Å². The van der Waals surface area contributed by atoms with E-state index in [1.165, 1.54) is 25.9 Å². The Bertz CT molecular complexity index is 593. The van der Waals surface area contributed by atoms with Crippen molar-refractivity contribution in [3.63, 3.8) is 0 Å². The van der Waals surface area contributed by atoms with Gasteiger partial charge in [-0.2, -0.15) is 5.26 Å². The number of hydrogen-bond acceptors (Lipinski definition) is 5. The predicted octanol–water partition coefficient (Wildman–Crippen LogP) is 2.25. The summed E-state index contributed by atoms with van der Waals surface area (Å²) in [6.07, 6.45) is 4.01. The molecule has 2 atom stereocenters. The van der Waals surface area contributed by atoms with Crippen molar-refractivity contribution in [1.82, 2.24) is 9.80 Å². The largest absolute Gasteiger partial charge is 0.496 e. The van der Waals surface area contributed by atoms with E-state index in [2.05, 4.69) is 15.9 Å². The summed E-state index contributed by atoms with van der Waals surface area (Å²) in [5.41, 5.74) is 1.77. The first-order valence-corrected chi connectivity index (χ1v) is 8.79. The van der Waals surface area contributed by atoms with Crippen LogP contribution in [0.25, 0.3) is 0 Å². The molecule has 0 aliphatic carbocycles. The van der Waals surface area contributed by atoms with Crippen LogP contribution in [0.5, 0.6) is 5.75 Å². The molecule has 3 rings (SSSR count). The second-order valence-electron chi connectivity index (χ2n) is 6.82. The number of methoxy groups -OCH3 is 2. The molecule has 0 unspecified atom stereocenters. The lowest BCUT2D eigenvalue weighted by Gasteiger charge is -2.28. The van der Waals surface area contributed by atoms with Crippen molar-refractivity contribution in [3.8, 4) is 11.8 Å². The highest BCUT2D eigenvalue weighted by molar-refractivity contribution is 5.42. The lowest BCUT2D eigenvalue weighted by molar-refractivity contribution is 0.107. The van der Waals surface area contributed by atoms with Gasteiger partial charge in [-0.15, -0.1) is 0 Å². The lowest BCUT2D eigenvalue weighted by Crippen LogP contribution is -2.39. The second kappa shape index (κ2) is 7.98. The van der Waals surface area contributed by atoms with E-state index in [0.29, 0.717) is 17.7 Å². The van der Waals surface area contributed by atoms with Crippen molar-refractivity contribution in [2.24, 2.45) is 0 Å². The van der Waals surface area contributed by atoms with Crippen molar-refractivity contribution in [3.05, 3.63) is 29.3 Å². The van der Waals surface area contributed by atoms with Crippen LogP contribution in [0.15, 0.2) is 18.2 Å². The van der Waals surface area contributed by atoms with Gasteiger partial charge in [-0.3, -0.25) is 4.90 Å². The van der Waals surface area contributed by atoms with Gasteiger partial charge in [-0.1, -0.05) is 0 Å². The maximum atomic E-state index is 9.18. The Morgan fingerprint density at radius 3 is 2.71 bits per heavy atom. The second-order valence-corrected chi connectivity index (χ2v) is 6.82. The van der Waals surface area contributed by atoms with E-state index in [-0.39, 0.29) is 0 Å². The molecule has 2 saturated heterocycles. The first kappa shape index (κ1) is 17.2. The summed E-state index contributed by atoms with van der Waals surface area (Å²) in [5.74, 6) is 0.856. The van der Waals surface area contributed by atoms with Crippen LogP contribution in [-0.2, 0) is 11.3 Å². The SMILES string of the molecule is COc1ccc(C#N)cc1CN1C[C@@H](OC)C[C@H]1CN1CCCC1. The maximum Gasteiger partial charge on any atom is 0.123 e. The van der Waals surface area contributed by atoms with Crippen molar-refractivity contribution in [2.75, 3.05) is 40.4 Å². The quantitative estimate of drug-likeness (QED) is 0.801. The van der Waals surface area contributed by atoms with E-state index in [1.54, 1.807) is 14.2 Å². The van der Waals surface area contributed by atoms with E-state index in [0.717, 1.165) is 37.4 Å². The van der Waals surface area contributed by atoms with Crippen LogP contribution in [-0.4, -0.2) is 62.3 Å². The molecule has 0 N–H and O–H groups in total. The molecule has 0 aromatic heterocycles. The van der Waals surface area contributed by atoms with Gasteiger partial charge in [-0.05, 0) is 50.6 Å². The van der Waals surface area contributed by atoms with Gasteiger partial charge in [0.2, 0.25) is 0 Å². The molecule has 0 bridgehead atoms. The van der Waals surface area contributed by atoms with Gasteiger partial charge in [0.05, 0.1) is 24.8 Å². The topological polar surface area (TPSA) is 48.7 Å². The monoisotopic (exact) mass is 329 g/mol. The molecule has 5 nitrogen and oxygen atoms in total. The first-order chi connectivity index (χ1) is 11.7. The summed E-state index contributed by atoms with van der Waals surface area (Å²) < 4.78 is 11.1. The van der Waals surface area contributed by atoms with E-state index in [9.17, 15) is 5.26 Å². The zero-order valence-corrected chi connectivity index (χ0v) is 14.7. The number of ether oxygens (including phenoxy) is 2. The Hall–Kier alpha value is -1.61. The summed E-state index contributed by atoms with van der Waals surface area (Å²) in [4.78, 5) is 5.06. The fourth-order valence-corrected chi connectivity index (χ4v) is 3.95. The highest BCUT2D eigenvalue weighted by atomic mass is 16.5. The van der Waals surface area contributed by atoms with Crippen LogP contribution in [0.1, 0.15) is 30.4 Å². The van der Waals surface area contributed by atoms with Crippen molar-refractivity contribution >= 4 is 0 Å². The van der Waals surface area contributed by atoms with Crippen LogP contribution in [0, 0.1) is 11.3 Å².